The van der Waals surface area contributed by atoms with Gasteiger partial charge in [-0.2, -0.15) is 0 Å². The number of rotatable bonds is 5. The van der Waals surface area contributed by atoms with E-state index in [0.29, 0.717) is 5.56 Å². The van der Waals surface area contributed by atoms with Crippen molar-refractivity contribution in [3.8, 4) is 0 Å². The summed E-state index contributed by atoms with van der Waals surface area (Å²) in [5.74, 6) is -1.90. The summed E-state index contributed by atoms with van der Waals surface area (Å²) in [6.45, 7) is 9.46. The van der Waals surface area contributed by atoms with E-state index in [1.165, 1.54) is 0 Å². The number of nitrogens with two attached hydrogens (primary N) is 1. The van der Waals surface area contributed by atoms with Crippen molar-refractivity contribution < 1.29 is 14.4 Å². The van der Waals surface area contributed by atoms with Crippen LogP contribution in [0.5, 0.6) is 0 Å². The van der Waals surface area contributed by atoms with Crippen LogP contribution in [0.25, 0.3) is 0 Å². The summed E-state index contributed by atoms with van der Waals surface area (Å²) in [6.07, 6.45) is 0. The average Bonchev–Trinajstić information content (AvgIpc) is 2.43. The van der Waals surface area contributed by atoms with Gasteiger partial charge in [-0.3, -0.25) is 14.4 Å². The lowest BCUT2D eigenvalue weighted by Crippen LogP contribution is -2.44. The van der Waals surface area contributed by atoms with Crippen LogP contribution >= 0.6 is 0 Å². The van der Waals surface area contributed by atoms with Crippen LogP contribution in [-0.4, -0.2) is 24.1 Å². The zero-order valence-corrected chi connectivity index (χ0v) is 13.8. The van der Waals surface area contributed by atoms with Gasteiger partial charge >= 0.3 is 0 Å². The summed E-state index contributed by atoms with van der Waals surface area (Å²) < 4.78 is 0. The number of primary amides is 1. The van der Waals surface area contributed by atoms with Crippen molar-refractivity contribution in [2.75, 3.05) is 6.54 Å². The van der Waals surface area contributed by atoms with Gasteiger partial charge < -0.3 is 11.1 Å². The van der Waals surface area contributed by atoms with Gasteiger partial charge in [-0.15, -0.1) is 0 Å². The fourth-order valence-corrected chi connectivity index (χ4v) is 1.72. The molecule has 3 N–H and O–H groups in total. The predicted molar refractivity (Wildman–Crippen MR) is 85.5 cm³/mol. The van der Waals surface area contributed by atoms with E-state index in [1.807, 2.05) is 12.1 Å². The Morgan fingerprint density at radius 1 is 1.00 bits per heavy atom. The lowest BCUT2D eigenvalue weighted by Gasteiger charge is -2.20. The molecule has 0 aliphatic rings. The molecule has 120 valence electrons. The number of benzene rings is 1. The van der Waals surface area contributed by atoms with Crippen LogP contribution in [0.3, 0.4) is 0 Å². The van der Waals surface area contributed by atoms with Crippen molar-refractivity contribution in [3.05, 3.63) is 35.4 Å². The Morgan fingerprint density at radius 2 is 1.50 bits per heavy atom. The Balaban J connectivity index is 2.76. The molecule has 0 radical (unpaired) electrons. The standard InChI is InChI=1S/C17H24N2O3/c1-16(2,3)12-8-6-11(7-9-12)13(20)14(21)19-10-17(4,5)15(18)22/h6-9H,10H2,1-5H3,(H2,18,22)(H,19,21). The topological polar surface area (TPSA) is 89.3 Å². The van der Waals surface area contributed by atoms with Gasteiger partial charge in [0.05, 0.1) is 5.41 Å². The molecule has 5 nitrogen and oxygen atoms in total. The highest BCUT2D eigenvalue weighted by Gasteiger charge is 2.27. The highest BCUT2D eigenvalue weighted by atomic mass is 16.2. The largest absolute Gasteiger partial charge is 0.369 e. The van der Waals surface area contributed by atoms with Crippen molar-refractivity contribution >= 4 is 17.6 Å². The number of hydrogen-bond acceptors (Lipinski definition) is 3. The molecule has 1 aromatic rings. The summed E-state index contributed by atoms with van der Waals surface area (Å²) in [5.41, 5.74) is 5.71. The zero-order valence-electron chi connectivity index (χ0n) is 13.8. The molecule has 1 aromatic carbocycles. The second kappa shape index (κ2) is 6.30. The van der Waals surface area contributed by atoms with Gasteiger partial charge in [0.1, 0.15) is 0 Å². The van der Waals surface area contributed by atoms with Crippen molar-refractivity contribution in [3.63, 3.8) is 0 Å². The molecule has 0 spiro atoms. The first-order valence-electron chi connectivity index (χ1n) is 7.18. The third-order valence-corrected chi connectivity index (χ3v) is 3.58. The average molecular weight is 304 g/mol. The molecule has 0 saturated carbocycles. The molecule has 0 aromatic heterocycles. The molecule has 0 bridgehead atoms. The molecule has 0 fully saturated rings. The lowest BCUT2D eigenvalue weighted by molar-refractivity contribution is -0.126. The highest BCUT2D eigenvalue weighted by Crippen LogP contribution is 2.22. The van der Waals surface area contributed by atoms with E-state index in [2.05, 4.69) is 26.1 Å². The maximum atomic E-state index is 12.1. The van der Waals surface area contributed by atoms with Crippen LogP contribution in [0.4, 0.5) is 0 Å². The van der Waals surface area contributed by atoms with E-state index in [-0.39, 0.29) is 12.0 Å². The van der Waals surface area contributed by atoms with Crippen LogP contribution in [0, 0.1) is 5.41 Å². The number of amides is 2. The maximum Gasteiger partial charge on any atom is 0.292 e. The number of carbonyl (C=O) groups is 3. The van der Waals surface area contributed by atoms with E-state index >= 15 is 0 Å². The second-order valence-corrected chi connectivity index (χ2v) is 7.09. The molecule has 0 aliphatic carbocycles. The molecule has 0 atom stereocenters. The van der Waals surface area contributed by atoms with Gasteiger partial charge in [-0.1, -0.05) is 45.0 Å². The minimum atomic E-state index is -0.897. The summed E-state index contributed by atoms with van der Waals surface area (Å²) in [5, 5.41) is 2.46. The van der Waals surface area contributed by atoms with Gasteiger partial charge in [-0.25, -0.2) is 0 Å². The maximum absolute atomic E-state index is 12.1. The summed E-state index contributed by atoms with van der Waals surface area (Å²) in [7, 11) is 0. The molecule has 22 heavy (non-hydrogen) atoms. The first-order chi connectivity index (χ1) is 9.95. The predicted octanol–water partition coefficient (Wildman–Crippen LogP) is 1.79. The number of ketones is 1. The van der Waals surface area contributed by atoms with Gasteiger partial charge in [0, 0.05) is 12.1 Å². The molecular formula is C17H24N2O3. The minimum absolute atomic E-state index is 0.0185. The number of carbonyl (C=O) groups excluding carboxylic acids is 3. The fourth-order valence-electron chi connectivity index (χ4n) is 1.72. The molecule has 0 saturated heterocycles. The summed E-state index contributed by atoms with van der Waals surface area (Å²) in [4.78, 5) is 35.1. The van der Waals surface area contributed by atoms with E-state index in [1.54, 1.807) is 26.0 Å². The zero-order chi connectivity index (χ0) is 17.1. The lowest BCUT2D eigenvalue weighted by atomic mass is 9.86. The minimum Gasteiger partial charge on any atom is -0.369 e. The van der Waals surface area contributed by atoms with Crippen molar-refractivity contribution in [2.24, 2.45) is 11.1 Å². The van der Waals surface area contributed by atoms with E-state index < -0.39 is 23.0 Å². The van der Waals surface area contributed by atoms with Gasteiger partial charge in [0.25, 0.3) is 5.91 Å². The molecular weight excluding hydrogens is 280 g/mol. The van der Waals surface area contributed by atoms with Crippen molar-refractivity contribution in [2.45, 2.75) is 40.0 Å². The monoisotopic (exact) mass is 304 g/mol. The molecule has 1 rings (SSSR count). The quantitative estimate of drug-likeness (QED) is 0.642. The summed E-state index contributed by atoms with van der Waals surface area (Å²) >= 11 is 0. The molecule has 0 heterocycles. The number of Topliss-reactive ketones (excluding diaryl/α,β-unsaturated/α-hetero) is 1. The van der Waals surface area contributed by atoms with Gasteiger partial charge in [-0.05, 0) is 24.8 Å². The van der Waals surface area contributed by atoms with Crippen molar-refractivity contribution in [1.82, 2.24) is 5.32 Å². The smallest absolute Gasteiger partial charge is 0.292 e. The Bertz CT molecular complexity index is 581. The fraction of sp³-hybridized carbons (Fsp3) is 0.471. The van der Waals surface area contributed by atoms with Crippen LogP contribution in [-0.2, 0) is 15.0 Å². The second-order valence-electron chi connectivity index (χ2n) is 7.09. The van der Waals surface area contributed by atoms with Gasteiger partial charge in [0.15, 0.2) is 0 Å². The number of hydrogen-bond donors (Lipinski definition) is 2. The third kappa shape index (κ3) is 4.41. The third-order valence-electron chi connectivity index (χ3n) is 3.58. The van der Waals surface area contributed by atoms with Crippen LogP contribution in [0.2, 0.25) is 0 Å². The normalized spacial score (nSPS) is 11.9. The first-order valence-corrected chi connectivity index (χ1v) is 7.18. The van der Waals surface area contributed by atoms with Crippen LogP contribution in [0.15, 0.2) is 24.3 Å². The van der Waals surface area contributed by atoms with E-state index in [9.17, 15) is 14.4 Å². The Hall–Kier alpha value is -2.17. The van der Waals surface area contributed by atoms with E-state index in [4.69, 9.17) is 5.73 Å². The van der Waals surface area contributed by atoms with Crippen LogP contribution in [0.1, 0.15) is 50.5 Å². The van der Waals surface area contributed by atoms with Crippen molar-refractivity contribution in [1.29, 1.82) is 0 Å². The Kier molecular flexibility index (Phi) is 5.12. The highest BCUT2D eigenvalue weighted by molar-refractivity contribution is 6.42. The van der Waals surface area contributed by atoms with Crippen LogP contribution < -0.4 is 11.1 Å². The SMILES string of the molecule is CC(C)(CNC(=O)C(=O)c1ccc(C(C)(C)C)cc1)C(N)=O. The first kappa shape index (κ1) is 17.9. The van der Waals surface area contributed by atoms with E-state index in [0.717, 1.165) is 5.56 Å². The number of nitrogens with one attached hydrogen (secondary N) is 1. The Labute approximate surface area is 131 Å². The molecule has 5 heteroatoms. The Morgan fingerprint density at radius 3 is 1.91 bits per heavy atom. The molecule has 0 aliphatic heterocycles. The van der Waals surface area contributed by atoms with Gasteiger partial charge in [0.2, 0.25) is 11.7 Å². The summed E-state index contributed by atoms with van der Waals surface area (Å²) in [6, 6.07) is 6.96. The molecule has 2 amide bonds. The molecule has 0 unspecified atom stereocenters.